The van der Waals surface area contributed by atoms with E-state index in [4.69, 9.17) is 14.2 Å². The first-order valence-electron chi connectivity index (χ1n) is 21.6. The average Bonchev–Trinajstić information content (AvgIpc) is 3.10. The second-order valence-corrected chi connectivity index (χ2v) is 15.4. The van der Waals surface area contributed by atoms with Crippen molar-refractivity contribution in [1.82, 2.24) is 9.80 Å². The summed E-state index contributed by atoms with van der Waals surface area (Å²) in [5.41, 5.74) is 0. The molecule has 1 heterocycles. The molecule has 302 valence electrons. The van der Waals surface area contributed by atoms with Crippen LogP contribution in [0.1, 0.15) is 181 Å². The maximum absolute atomic E-state index is 12.8. The highest BCUT2D eigenvalue weighted by atomic mass is 16.6. The molecular weight excluding hydrogens is 652 g/mol. The Kier molecular flexibility index (Phi) is 31.6. The summed E-state index contributed by atoms with van der Waals surface area (Å²) in [7, 11) is 4.04. The van der Waals surface area contributed by atoms with Crippen molar-refractivity contribution in [2.45, 2.75) is 187 Å². The zero-order chi connectivity index (χ0) is 37.9. The summed E-state index contributed by atoms with van der Waals surface area (Å²) in [6.07, 6.45) is 37.1. The lowest BCUT2D eigenvalue weighted by atomic mass is 10.0. The summed E-state index contributed by atoms with van der Waals surface area (Å²) >= 11 is 0. The maximum Gasteiger partial charge on any atom is 0.410 e. The molecule has 0 radical (unpaired) electrons. The van der Waals surface area contributed by atoms with Crippen LogP contribution >= 0.6 is 0 Å². The molecule has 1 amide bonds. The van der Waals surface area contributed by atoms with E-state index in [0.29, 0.717) is 31.8 Å². The van der Waals surface area contributed by atoms with Crippen molar-refractivity contribution in [3.05, 3.63) is 24.3 Å². The average molecular weight is 733 g/mol. The molecule has 1 aliphatic rings. The zero-order valence-corrected chi connectivity index (χ0v) is 34.2. The van der Waals surface area contributed by atoms with Crippen LogP contribution in [-0.4, -0.2) is 80.9 Å². The number of allylic oxidation sites excluding steroid dienone is 4. The molecular formula is C44H80N2O6. The molecule has 8 heteroatoms. The first-order chi connectivity index (χ1) is 25.3. The van der Waals surface area contributed by atoms with Gasteiger partial charge in [-0.15, -0.1) is 0 Å². The van der Waals surface area contributed by atoms with Crippen LogP contribution < -0.4 is 0 Å². The van der Waals surface area contributed by atoms with Gasteiger partial charge in [-0.05, 0) is 59.0 Å². The number of unbranched alkanes of at least 4 members (excludes halogenated alkanes) is 20. The number of hydrogen-bond donors (Lipinski definition) is 0. The Balaban J connectivity index is 2.25. The molecule has 0 aliphatic carbocycles. The molecule has 1 saturated heterocycles. The number of hydrogen-bond acceptors (Lipinski definition) is 7. The number of carbonyl (C=O) groups excluding carboxylic acids is 3. The molecule has 0 spiro atoms. The minimum absolute atomic E-state index is 0.102. The summed E-state index contributed by atoms with van der Waals surface area (Å²) in [6, 6.07) is 0. The fourth-order valence-electron chi connectivity index (χ4n) is 6.57. The topological polar surface area (TPSA) is 85.4 Å². The lowest BCUT2D eigenvalue weighted by Gasteiger charge is -2.40. The lowest BCUT2D eigenvalue weighted by molar-refractivity contribution is -0.153. The third-order valence-electron chi connectivity index (χ3n) is 9.78. The van der Waals surface area contributed by atoms with Crippen LogP contribution in [0, 0.1) is 5.92 Å². The standard InChI is InChI=1S/C44H80N2O6/c1-5-7-9-11-13-15-17-19-20-22-24-26-28-30-32-34-43(48)51-39-41(52-44(49)46-36-40(37-46)35-45(3)4)38-50-42(47)33-31-29-27-25-23-21-18-16-14-12-10-8-6-2/h13,15,19-20,40-41H,5-12,14,16-18,21-39H2,1-4H3/b15-13-,20-19-. The van der Waals surface area contributed by atoms with Gasteiger partial charge in [0.15, 0.2) is 6.10 Å². The normalized spacial score (nSPS) is 14.0. The molecule has 1 aliphatic heterocycles. The van der Waals surface area contributed by atoms with E-state index in [9.17, 15) is 14.4 Å². The Morgan fingerprint density at radius 1 is 0.596 bits per heavy atom. The molecule has 0 bridgehead atoms. The van der Waals surface area contributed by atoms with Crippen LogP contribution in [0.15, 0.2) is 24.3 Å². The number of likely N-dealkylation sites (tertiary alicyclic amines) is 1. The molecule has 8 nitrogen and oxygen atoms in total. The van der Waals surface area contributed by atoms with E-state index >= 15 is 0 Å². The van der Waals surface area contributed by atoms with Crippen LogP contribution in [0.25, 0.3) is 0 Å². The Hall–Kier alpha value is -2.35. The van der Waals surface area contributed by atoms with Gasteiger partial charge in [-0.1, -0.05) is 147 Å². The van der Waals surface area contributed by atoms with Gasteiger partial charge in [-0.25, -0.2) is 4.79 Å². The summed E-state index contributed by atoms with van der Waals surface area (Å²) in [6.45, 7) is 6.47. The Bertz CT molecular complexity index is 930. The minimum atomic E-state index is -0.815. The van der Waals surface area contributed by atoms with Crippen LogP contribution in [0.3, 0.4) is 0 Å². The van der Waals surface area contributed by atoms with Crippen LogP contribution in [0.2, 0.25) is 0 Å². The molecule has 52 heavy (non-hydrogen) atoms. The van der Waals surface area contributed by atoms with Gasteiger partial charge in [0.2, 0.25) is 0 Å². The van der Waals surface area contributed by atoms with Crippen molar-refractivity contribution in [2.75, 3.05) is 46.9 Å². The third kappa shape index (κ3) is 29.1. The first-order valence-corrected chi connectivity index (χ1v) is 21.6. The van der Waals surface area contributed by atoms with E-state index in [2.05, 4.69) is 43.1 Å². The SMILES string of the molecule is CCCCC/C=C\C/C=C\CCCCCCCC(=O)OCC(COC(=O)CCCCCCCCCCCCCCC)OC(=O)N1CC(CN(C)C)C1. The number of amides is 1. The quantitative estimate of drug-likeness (QED) is 0.0277. The summed E-state index contributed by atoms with van der Waals surface area (Å²) < 4.78 is 16.7. The second-order valence-electron chi connectivity index (χ2n) is 15.4. The lowest BCUT2D eigenvalue weighted by Crippen LogP contribution is -2.54. The van der Waals surface area contributed by atoms with Gasteiger partial charge in [0.05, 0.1) is 0 Å². The van der Waals surface area contributed by atoms with Gasteiger partial charge in [-0.2, -0.15) is 0 Å². The van der Waals surface area contributed by atoms with E-state index in [1.807, 2.05) is 14.1 Å². The van der Waals surface area contributed by atoms with Crippen LogP contribution in [-0.2, 0) is 23.8 Å². The molecule has 0 saturated carbocycles. The van der Waals surface area contributed by atoms with E-state index < -0.39 is 12.2 Å². The third-order valence-corrected chi connectivity index (χ3v) is 9.78. The number of rotatable bonds is 35. The van der Waals surface area contributed by atoms with E-state index in [0.717, 1.165) is 64.3 Å². The minimum Gasteiger partial charge on any atom is -0.462 e. The summed E-state index contributed by atoms with van der Waals surface area (Å²) in [5, 5.41) is 0. The predicted molar refractivity (Wildman–Crippen MR) is 215 cm³/mol. The van der Waals surface area contributed by atoms with Gasteiger partial charge >= 0.3 is 18.0 Å². The van der Waals surface area contributed by atoms with Crippen molar-refractivity contribution >= 4 is 18.0 Å². The van der Waals surface area contributed by atoms with Crippen molar-refractivity contribution in [3.63, 3.8) is 0 Å². The molecule has 1 unspecified atom stereocenters. The highest BCUT2D eigenvalue weighted by Gasteiger charge is 2.33. The molecule has 0 aromatic heterocycles. The molecule has 1 atom stereocenters. The number of nitrogens with zero attached hydrogens (tertiary/aromatic N) is 2. The van der Waals surface area contributed by atoms with Crippen molar-refractivity contribution in [3.8, 4) is 0 Å². The molecule has 0 aromatic rings. The summed E-state index contributed by atoms with van der Waals surface area (Å²) in [5.74, 6) is -0.184. The van der Waals surface area contributed by atoms with Crippen molar-refractivity contribution < 1.29 is 28.6 Å². The highest BCUT2D eigenvalue weighted by Crippen LogP contribution is 2.19. The maximum atomic E-state index is 12.8. The van der Waals surface area contributed by atoms with E-state index in [1.54, 1.807) is 4.90 Å². The molecule has 0 N–H and O–H groups in total. The molecule has 1 fully saturated rings. The Morgan fingerprint density at radius 2 is 1.00 bits per heavy atom. The number of ether oxygens (including phenoxy) is 3. The van der Waals surface area contributed by atoms with Gasteiger partial charge in [0.25, 0.3) is 0 Å². The fraction of sp³-hybridized carbons (Fsp3) is 0.841. The molecule has 1 rings (SSSR count). The molecule has 0 aromatic carbocycles. The smallest absolute Gasteiger partial charge is 0.410 e. The van der Waals surface area contributed by atoms with Crippen molar-refractivity contribution in [2.24, 2.45) is 5.92 Å². The Morgan fingerprint density at radius 3 is 1.46 bits per heavy atom. The predicted octanol–water partition coefficient (Wildman–Crippen LogP) is 11.4. The summed E-state index contributed by atoms with van der Waals surface area (Å²) in [4.78, 5) is 41.6. The van der Waals surface area contributed by atoms with Crippen LogP contribution in [0.5, 0.6) is 0 Å². The highest BCUT2D eigenvalue weighted by molar-refractivity contribution is 5.70. The number of carbonyl (C=O) groups is 3. The fourth-order valence-corrected chi connectivity index (χ4v) is 6.57. The second kappa shape index (κ2) is 34.4. The Labute approximate surface area is 319 Å². The number of esters is 2. The van der Waals surface area contributed by atoms with Gasteiger partial charge in [-0.3, -0.25) is 9.59 Å². The monoisotopic (exact) mass is 733 g/mol. The largest absolute Gasteiger partial charge is 0.462 e. The van der Waals surface area contributed by atoms with Gasteiger partial charge < -0.3 is 24.0 Å². The van der Waals surface area contributed by atoms with Crippen LogP contribution in [0.4, 0.5) is 4.79 Å². The van der Waals surface area contributed by atoms with Gasteiger partial charge in [0, 0.05) is 38.4 Å². The van der Waals surface area contributed by atoms with Crippen molar-refractivity contribution in [1.29, 1.82) is 0 Å². The zero-order valence-electron chi connectivity index (χ0n) is 34.2. The van der Waals surface area contributed by atoms with E-state index in [1.165, 1.54) is 96.3 Å². The van der Waals surface area contributed by atoms with Gasteiger partial charge in [0.1, 0.15) is 13.2 Å². The van der Waals surface area contributed by atoms with E-state index in [-0.39, 0.29) is 25.2 Å². The first kappa shape index (κ1) is 47.7.